The first kappa shape index (κ1) is 21.6. The fraction of sp³-hybridized carbons (Fsp3) is 0.393. The van der Waals surface area contributed by atoms with Crippen molar-refractivity contribution in [1.82, 2.24) is 20.4 Å². The average molecular weight is 440 g/mol. The predicted molar refractivity (Wildman–Crippen MR) is 134 cm³/mol. The summed E-state index contributed by atoms with van der Waals surface area (Å²) in [5.74, 6) is 2.45. The van der Waals surface area contributed by atoms with Crippen LogP contribution in [0.25, 0.3) is 11.2 Å². The molecule has 5 rings (SSSR count). The molecule has 0 radical (unpaired) electrons. The molecule has 2 aromatic heterocycles. The Labute approximate surface area is 195 Å². The zero-order chi connectivity index (χ0) is 22.5. The molecule has 5 nitrogen and oxygen atoms in total. The van der Waals surface area contributed by atoms with Gasteiger partial charge in [-0.2, -0.15) is 10.3 Å². The maximum atomic E-state index is 6.12. The van der Waals surface area contributed by atoms with E-state index >= 15 is 0 Å². The van der Waals surface area contributed by atoms with Crippen molar-refractivity contribution in [2.75, 3.05) is 5.73 Å². The van der Waals surface area contributed by atoms with Gasteiger partial charge >= 0.3 is 0 Å². The van der Waals surface area contributed by atoms with E-state index in [0.717, 1.165) is 29.3 Å². The van der Waals surface area contributed by atoms with Gasteiger partial charge in [0.15, 0.2) is 0 Å². The van der Waals surface area contributed by atoms with Crippen molar-refractivity contribution in [3.8, 4) is 0 Å². The van der Waals surface area contributed by atoms with Crippen LogP contribution in [-0.4, -0.2) is 20.4 Å². The lowest BCUT2D eigenvalue weighted by Crippen LogP contribution is -2.16. The third-order valence-electron chi connectivity index (χ3n) is 7.36. The van der Waals surface area contributed by atoms with Crippen LogP contribution in [0, 0.1) is 11.8 Å². The van der Waals surface area contributed by atoms with Crippen LogP contribution in [0.5, 0.6) is 0 Å². The Bertz CT molecular complexity index is 1150. The monoisotopic (exact) mass is 439 g/mol. The molecule has 5 heteroatoms. The molecule has 1 atom stereocenters. The maximum Gasteiger partial charge on any atom is 0.203 e. The molecule has 0 saturated heterocycles. The summed E-state index contributed by atoms with van der Waals surface area (Å²) in [6.45, 7) is 0. The third kappa shape index (κ3) is 5.24. The number of hydrogen-bond donors (Lipinski definition) is 2. The third-order valence-corrected chi connectivity index (χ3v) is 7.36. The molecular weight excluding hydrogens is 406 g/mol. The molecule has 1 saturated carbocycles. The van der Waals surface area contributed by atoms with Crippen LogP contribution in [0.1, 0.15) is 67.6 Å². The molecule has 3 N–H and O–H groups in total. The van der Waals surface area contributed by atoms with Crippen molar-refractivity contribution < 1.29 is 0 Å². The summed E-state index contributed by atoms with van der Waals surface area (Å²) < 4.78 is 0. The van der Waals surface area contributed by atoms with Crippen LogP contribution >= 0.6 is 0 Å². The highest BCUT2D eigenvalue weighted by molar-refractivity contribution is 5.77. The van der Waals surface area contributed by atoms with E-state index in [2.05, 4.69) is 81.1 Å². The van der Waals surface area contributed by atoms with Gasteiger partial charge in [-0.3, -0.25) is 0 Å². The highest BCUT2D eigenvalue weighted by Gasteiger charge is 2.23. The number of fused-ring (bicyclic) bond motifs is 1. The van der Waals surface area contributed by atoms with Crippen LogP contribution in [0.4, 0.5) is 5.82 Å². The van der Waals surface area contributed by atoms with Gasteiger partial charge < -0.3 is 5.73 Å². The predicted octanol–water partition coefficient (Wildman–Crippen LogP) is 6.29. The number of rotatable bonds is 8. The summed E-state index contributed by atoms with van der Waals surface area (Å²) in [7, 11) is 0. The number of aromatic amines is 1. The first-order chi connectivity index (χ1) is 16.3. The Morgan fingerprint density at radius 3 is 2.33 bits per heavy atom. The molecule has 1 aliphatic rings. The molecule has 1 unspecified atom stereocenters. The van der Waals surface area contributed by atoms with Crippen molar-refractivity contribution >= 4 is 17.0 Å². The van der Waals surface area contributed by atoms with E-state index in [1.807, 2.05) is 6.07 Å². The summed E-state index contributed by atoms with van der Waals surface area (Å²) in [4.78, 5) is 4.34. The van der Waals surface area contributed by atoms with Gasteiger partial charge in [0, 0.05) is 5.92 Å². The van der Waals surface area contributed by atoms with Crippen molar-refractivity contribution in [2.24, 2.45) is 11.8 Å². The molecule has 0 aliphatic heterocycles. The van der Waals surface area contributed by atoms with Gasteiger partial charge in [0.2, 0.25) is 5.65 Å². The second-order valence-corrected chi connectivity index (χ2v) is 9.60. The molecule has 4 aromatic rings. The van der Waals surface area contributed by atoms with E-state index < -0.39 is 0 Å². The van der Waals surface area contributed by atoms with Crippen LogP contribution in [0.2, 0.25) is 0 Å². The minimum absolute atomic E-state index is 0.249. The fourth-order valence-electron chi connectivity index (χ4n) is 5.61. The Morgan fingerprint density at radius 2 is 1.58 bits per heavy atom. The van der Waals surface area contributed by atoms with E-state index in [9.17, 15) is 0 Å². The molecule has 0 amide bonds. The number of hydrogen-bond acceptors (Lipinski definition) is 4. The minimum atomic E-state index is 0.249. The van der Waals surface area contributed by atoms with Gasteiger partial charge in [0.1, 0.15) is 11.3 Å². The number of nitrogens with zero attached hydrogens (tertiary/aromatic N) is 3. The van der Waals surface area contributed by atoms with Gasteiger partial charge in [-0.25, -0.2) is 4.98 Å². The minimum Gasteiger partial charge on any atom is -0.384 e. The molecule has 33 heavy (non-hydrogen) atoms. The topological polar surface area (TPSA) is 80.5 Å². The van der Waals surface area contributed by atoms with Crippen molar-refractivity contribution in [1.29, 1.82) is 0 Å². The highest BCUT2D eigenvalue weighted by atomic mass is 15.3. The lowest BCUT2D eigenvalue weighted by molar-refractivity contribution is 0.257. The van der Waals surface area contributed by atoms with Gasteiger partial charge in [0.05, 0.1) is 0 Å². The summed E-state index contributed by atoms with van der Waals surface area (Å²) in [6, 6.07) is 23.7. The maximum absolute atomic E-state index is 6.12. The number of nitrogens with one attached hydrogen (secondary N) is 1. The molecule has 2 heterocycles. The summed E-state index contributed by atoms with van der Waals surface area (Å²) in [6.07, 6.45) is 10.3. The summed E-state index contributed by atoms with van der Waals surface area (Å²) in [5.41, 5.74) is 11.5. The number of nitrogens with two attached hydrogens (primary N) is 1. The number of aromatic nitrogens is 4. The lowest BCUT2D eigenvalue weighted by atomic mass is 9.77. The van der Waals surface area contributed by atoms with Crippen LogP contribution in [0.15, 0.2) is 66.7 Å². The number of H-pyrrole nitrogens is 1. The van der Waals surface area contributed by atoms with Gasteiger partial charge in [0.25, 0.3) is 0 Å². The van der Waals surface area contributed by atoms with E-state index in [1.54, 1.807) is 0 Å². The average Bonchev–Trinajstić information content (AvgIpc) is 3.32. The van der Waals surface area contributed by atoms with E-state index in [4.69, 9.17) is 5.73 Å². The number of benzene rings is 2. The standard InChI is InChI=1S/C28H33N5/c29-26-19-25(27-28(30-26)32-33-31-27)24(23-11-5-2-6-12-23)13-7-10-20-14-16-22(17-15-20)18-21-8-3-1-4-9-21/h1-6,8-9,11-12,19-20,22,24H,7,10,13-18H2,(H3,29,30,31,32,33). The number of anilines is 1. The van der Waals surface area contributed by atoms with Gasteiger partial charge in [-0.15, -0.1) is 5.10 Å². The summed E-state index contributed by atoms with van der Waals surface area (Å²) in [5, 5.41) is 11.3. The quantitative estimate of drug-likeness (QED) is 0.338. The van der Waals surface area contributed by atoms with Crippen molar-refractivity contribution in [2.45, 2.75) is 57.3 Å². The zero-order valence-electron chi connectivity index (χ0n) is 19.2. The number of pyridine rings is 1. The molecule has 0 bridgehead atoms. The first-order valence-electron chi connectivity index (χ1n) is 12.3. The van der Waals surface area contributed by atoms with Crippen molar-refractivity contribution in [3.05, 3.63) is 83.4 Å². The normalized spacial score (nSPS) is 19.5. The second kappa shape index (κ2) is 10.2. The fourth-order valence-corrected chi connectivity index (χ4v) is 5.61. The van der Waals surface area contributed by atoms with Crippen LogP contribution < -0.4 is 5.73 Å². The van der Waals surface area contributed by atoms with Gasteiger partial charge in [-0.1, -0.05) is 86.3 Å². The van der Waals surface area contributed by atoms with Crippen LogP contribution in [0.3, 0.4) is 0 Å². The van der Waals surface area contributed by atoms with Gasteiger partial charge in [-0.05, 0) is 60.3 Å². The lowest BCUT2D eigenvalue weighted by Gasteiger charge is -2.29. The van der Waals surface area contributed by atoms with Crippen molar-refractivity contribution in [3.63, 3.8) is 0 Å². The Morgan fingerprint density at radius 1 is 0.879 bits per heavy atom. The summed E-state index contributed by atoms with van der Waals surface area (Å²) >= 11 is 0. The molecular formula is C28H33N5. The second-order valence-electron chi connectivity index (χ2n) is 9.60. The van der Waals surface area contributed by atoms with E-state index in [1.165, 1.54) is 56.1 Å². The first-order valence-corrected chi connectivity index (χ1v) is 12.3. The highest BCUT2D eigenvalue weighted by Crippen LogP contribution is 2.37. The Hall–Kier alpha value is -3.21. The number of nitrogen functional groups attached to an aromatic ring is 1. The Kier molecular flexibility index (Phi) is 6.66. The van der Waals surface area contributed by atoms with Crippen LogP contribution in [-0.2, 0) is 6.42 Å². The Balaban J connectivity index is 1.22. The molecule has 1 fully saturated rings. The smallest absolute Gasteiger partial charge is 0.203 e. The zero-order valence-corrected chi connectivity index (χ0v) is 19.2. The molecule has 170 valence electrons. The SMILES string of the molecule is Nc1cc(C(CCCC2CCC(Cc3ccccc3)CC2)c2ccccc2)c2n[nH]nc2n1. The van der Waals surface area contributed by atoms with E-state index in [0.29, 0.717) is 11.5 Å². The molecule has 1 aliphatic carbocycles. The largest absolute Gasteiger partial charge is 0.384 e. The molecule has 2 aromatic carbocycles. The molecule has 0 spiro atoms. The van der Waals surface area contributed by atoms with E-state index in [-0.39, 0.29) is 5.92 Å².